The van der Waals surface area contributed by atoms with Gasteiger partial charge in [-0.25, -0.2) is 0 Å². The fourth-order valence-corrected chi connectivity index (χ4v) is 3.34. The monoisotopic (exact) mass is 281 g/mol. The van der Waals surface area contributed by atoms with Gasteiger partial charge in [0, 0.05) is 32.6 Å². The van der Waals surface area contributed by atoms with Crippen molar-refractivity contribution in [2.45, 2.75) is 45.4 Å². The van der Waals surface area contributed by atoms with Crippen LogP contribution in [0.1, 0.15) is 45.4 Å². The summed E-state index contributed by atoms with van der Waals surface area (Å²) >= 11 is 0. The van der Waals surface area contributed by atoms with Crippen molar-refractivity contribution in [2.75, 3.05) is 32.7 Å². The van der Waals surface area contributed by atoms with Crippen LogP contribution in [0.4, 0.5) is 0 Å². The van der Waals surface area contributed by atoms with E-state index in [0.717, 1.165) is 58.3 Å². The molecule has 0 bridgehead atoms. The van der Waals surface area contributed by atoms with Crippen molar-refractivity contribution in [1.82, 2.24) is 15.5 Å². The summed E-state index contributed by atoms with van der Waals surface area (Å²) in [6.45, 7) is 6.05. The third kappa shape index (κ3) is 3.51. The zero-order valence-electron chi connectivity index (χ0n) is 12.5. The molecule has 20 heavy (non-hydrogen) atoms. The molecule has 2 aliphatic heterocycles. The Bertz CT molecular complexity index is 345. The van der Waals surface area contributed by atoms with Gasteiger partial charge in [-0.1, -0.05) is 13.3 Å². The Hall–Kier alpha value is -1.10. The average Bonchev–Trinajstić information content (AvgIpc) is 3.10. The summed E-state index contributed by atoms with van der Waals surface area (Å²) in [5.74, 6) is 0.301. The van der Waals surface area contributed by atoms with E-state index in [9.17, 15) is 9.59 Å². The Kier molecular flexibility index (Phi) is 5.40. The first-order valence-electron chi connectivity index (χ1n) is 7.95. The van der Waals surface area contributed by atoms with E-state index in [2.05, 4.69) is 17.6 Å². The molecule has 2 fully saturated rings. The second-order valence-electron chi connectivity index (χ2n) is 6.05. The quantitative estimate of drug-likeness (QED) is 0.760. The van der Waals surface area contributed by atoms with E-state index in [1.54, 1.807) is 0 Å². The van der Waals surface area contributed by atoms with Crippen LogP contribution in [-0.4, -0.2) is 49.4 Å². The van der Waals surface area contributed by atoms with Gasteiger partial charge in [0.05, 0.1) is 5.41 Å². The fourth-order valence-electron chi connectivity index (χ4n) is 3.34. The van der Waals surface area contributed by atoms with Crippen molar-refractivity contribution >= 4 is 11.8 Å². The summed E-state index contributed by atoms with van der Waals surface area (Å²) in [6, 6.07) is 0. The Labute approximate surface area is 121 Å². The predicted octanol–water partition coefficient (Wildman–Crippen LogP) is 0.895. The number of rotatable bonds is 6. The van der Waals surface area contributed by atoms with Crippen LogP contribution in [-0.2, 0) is 9.59 Å². The highest BCUT2D eigenvalue weighted by Gasteiger charge is 2.39. The molecule has 0 aromatic carbocycles. The average molecular weight is 281 g/mol. The highest BCUT2D eigenvalue weighted by atomic mass is 16.2. The molecule has 0 aromatic rings. The second kappa shape index (κ2) is 7.07. The van der Waals surface area contributed by atoms with Gasteiger partial charge >= 0.3 is 0 Å². The third-order valence-corrected chi connectivity index (χ3v) is 4.54. The normalized spacial score (nSPS) is 25.9. The van der Waals surface area contributed by atoms with Gasteiger partial charge in [-0.15, -0.1) is 0 Å². The molecule has 2 heterocycles. The van der Waals surface area contributed by atoms with Crippen molar-refractivity contribution in [3.8, 4) is 0 Å². The van der Waals surface area contributed by atoms with E-state index in [-0.39, 0.29) is 17.2 Å². The lowest BCUT2D eigenvalue weighted by Crippen LogP contribution is -2.43. The first-order valence-corrected chi connectivity index (χ1v) is 7.95. The zero-order valence-corrected chi connectivity index (χ0v) is 12.5. The lowest BCUT2D eigenvalue weighted by atomic mass is 9.81. The molecular formula is C15H27N3O2. The molecule has 0 spiro atoms. The summed E-state index contributed by atoms with van der Waals surface area (Å²) in [5.41, 5.74) is -0.245. The van der Waals surface area contributed by atoms with Crippen LogP contribution >= 0.6 is 0 Å². The second-order valence-corrected chi connectivity index (χ2v) is 6.05. The Morgan fingerprint density at radius 1 is 1.30 bits per heavy atom. The van der Waals surface area contributed by atoms with Crippen LogP contribution in [0.2, 0.25) is 0 Å². The van der Waals surface area contributed by atoms with Crippen LogP contribution in [0, 0.1) is 5.41 Å². The number of hydrogen-bond acceptors (Lipinski definition) is 3. The first-order chi connectivity index (χ1) is 9.68. The van der Waals surface area contributed by atoms with Gasteiger partial charge in [0.25, 0.3) is 0 Å². The molecule has 2 rings (SSSR count). The SMILES string of the molecule is CCCC1(C(=O)NCCC(=O)N2CCCC2)CCNC1. The van der Waals surface area contributed by atoms with Gasteiger partial charge in [-0.2, -0.15) is 0 Å². The highest BCUT2D eigenvalue weighted by molar-refractivity contribution is 5.84. The molecule has 0 aliphatic carbocycles. The molecule has 2 saturated heterocycles. The number of nitrogens with zero attached hydrogens (tertiary/aromatic N) is 1. The molecule has 5 nitrogen and oxygen atoms in total. The van der Waals surface area contributed by atoms with Crippen LogP contribution in [0.25, 0.3) is 0 Å². The van der Waals surface area contributed by atoms with Gasteiger partial charge < -0.3 is 15.5 Å². The van der Waals surface area contributed by atoms with Gasteiger partial charge in [-0.05, 0) is 32.2 Å². The number of likely N-dealkylation sites (tertiary alicyclic amines) is 1. The number of nitrogens with one attached hydrogen (secondary N) is 2. The van der Waals surface area contributed by atoms with Gasteiger partial charge in [-0.3, -0.25) is 9.59 Å². The minimum absolute atomic E-state index is 0.124. The Balaban J connectivity index is 1.74. The summed E-state index contributed by atoms with van der Waals surface area (Å²) in [6.07, 6.45) is 5.51. The van der Waals surface area contributed by atoms with Crippen LogP contribution in [0.15, 0.2) is 0 Å². The Morgan fingerprint density at radius 2 is 2.05 bits per heavy atom. The summed E-state index contributed by atoms with van der Waals surface area (Å²) < 4.78 is 0. The van der Waals surface area contributed by atoms with Gasteiger partial charge in [0.15, 0.2) is 0 Å². The number of carbonyl (C=O) groups is 2. The largest absolute Gasteiger partial charge is 0.355 e. The fraction of sp³-hybridized carbons (Fsp3) is 0.867. The minimum Gasteiger partial charge on any atom is -0.355 e. The topological polar surface area (TPSA) is 61.4 Å². The molecule has 5 heteroatoms. The van der Waals surface area contributed by atoms with Crippen LogP contribution < -0.4 is 10.6 Å². The van der Waals surface area contributed by atoms with Gasteiger partial charge in [0.2, 0.25) is 11.8 Å². The lowest BCUT2D eigenvalue weighted by Gasteiger charge is -2.26. The molecule has 1 unspecified atom stereocenters. The molecule has 0 saturated carbocycles. The zero-order chi connectivity index (χ0) is 14.4. The van der Waals surface area contributed by atoms with Crippen molar-refractivity contribution in [3.63, 3.8) is 0 Å². The number of carbonyl (C=O) groups excluding carboxylic acids is 2. The standard InChI is InChI=1S/C15H27N3O2/c1-2-6-15(7-9-16-12-15)14(20)17-8-5-13(19)18-10-3-4-11-18/h16H,2-12H2,1H3,(H,17,20). The maximum atomic E-state index is 12.4. The molecule has 2 aliphatic rings. The van der Waals surface area contributed by atoms with Crippen molar-refractivity contribution in [1.29, 1.82) is 0 Å². The van der Waals surface area contributed by atoms with Crippen molar-refractivity contribution in [3.05, 3.63) is 0 Å². The molecule has 2 amide bonds. The summed E-state index contributed by atoms with van der Waals surface area (Å²) in [7, 11) is 0. The van der Waals surface area contributed by atoms with E-state index >= 15 is 0 Å². The lowest BCUT2D eigenvalue weighted by molar-refractivity contribution is -0.131. The highest BCUT2D eigenvalue weighted by Crippen LogP contribution is 2.31. The summed E-state index contributed by atoms with van der Waals surface area (Å²) in [4.78, 5) is 26.2. The van der Waals surface area contributed by atoms with Crippen molar-refractivity contribution < 1.29 is 9.59 Å². The third-order valence-electron chi connectivity index (χ3n) is 4.54. The van der Waals surface area contributed by atoms with Crippen LogP contribution in [0.3, 0.4) is 0 Å². The number of hydrogen-bond donors (Lipinski definition) is 2. The van der Waals surface area contributed by atoms with E-state index in [0.29, 0.717) is 13.0 Å². The molecular weight excluding hydrogens is 254 g/mol. The maximum absolute atomic E-state index is 12.4. The Morgan fingerprint density at radius 3 is 2.65 bits per heavy atom. The van der Waals surface area contributed by atoms with Gasteiger partial charge in [0.1, 0.15) is 0 Å². The van der Waals surface area contributed by atoms with E-state index in [1.165, 1.54) is 0 Å². The minimum atomic E-state index is -0.245. The molecule has 0 radical (unpaired) electrons. The molecule has 1 atom stereocenters. The molecule has 0 aromatic heterocycles. The van der Waals surface area contributed by atoms with E-state index in [4.69, 9.17) is 0 Å². The first kappa shape index (κ1) is 15.3. The van der Waals surface area contributed by atoms with E-state index in [1.807, 2.05) is 4.90 Å². The smallest absolute Gasteiger partial charge is 0.227 e. The number of amides is 2. The van der Waals surface area contributed by atoms with Crippen molar-refractivity contribution in [2.24, 2.45) is 5.41 Å². The van der Waals surface area contributed by atoms with E-state index < -0.39 is 0 Å². The molecule has 2 N–H and O–H groups in total. The maximum Gasteiger partial charge on any atom is 0.227 e. The predicted molar refractivity (Wildman–Crippen MR) is 78.3 cm³/mol. The molecule has 114 valence electrons. The summed E-state index contributed by atoms with van der Waals surface area (Å²) in [5, 5.41) is 6.27. The van der Waals surface area contributed by atoms with Crippen LogP contribution in [0.5, 0.6) is 0 Å².